The standard InChI is InChI=1S/C14H15O2P2S4/c1-15-11-3-7-13(8-4-11)17-20-18(21-17,22-19)14-9-5-12(16-2)6-10-14/h3-10,19H,1-2H3. The maximum absolute atomic E-state index is 5.24. The van der Waals surface area contributed by atoms with E-state index in [-0.39, 0.29) is 6.33 Å². The zero-order chi connectivity index (χ0) is 15.6. The number of hydrogen-bond donors (Lipinski definition) is 1. The van der Waals surface area contributed by atoms with E-state index >= 15 is 0 Å². The first-order valence-corrected chi connectivity index (χ1v) is 16.1. The molecule has 8 heteroatoms. The Balaban J connectivity index is 1.74. The second kappa shape index (κ2) is 7.46. The summed E-state index contributed by atoms with van der Waals surface area (Å²) in [7, 11) is 5.11. The summed E-state index contributed by atoms with van der Waals surface area (Å²) < 4.78 is 10.5. The number of benzene rings is 2. The minimum atomic E-state index is -1.32. The quantitative estimate of drug-likeness (QED) is 0.385. The largest absolute Gasteiger partial charge is 0.497 e. The maximum Gasteiger partial charge on any atom is 0.118 e. The predicted molar refractivity (Wildman–Crippen MR) is 111 cm³/mol. The number of ether oxygens (including phenoxy) is 2. The number of rotatable bonds is 5. The summed E-state index contributed by atoms with van der Waals surface area (Å²) in [4.78, 5) is -1.32. The van der Waals surface area contributed by atoms with Crippen LogP contribution in [0, 0.1) is 0 Å². The van der Waals surface area contributed by atoms with Crippen molar-refractivity contribution in [1.82, 2.24) is 0 Å². The molecule has 2 aromatic carbocycles. The van der Waals surface area contributed by atoms with Crippen molar-refractivity contribution in [2.45, 2.75) is 0 Å². The molecule has 1 saturated heterocycles. The molecule has 22 heavy (non-hydrogen) atoms. The summed E-state index contributed by atoms with van der Waals surface area (Å²) in [6.07, 6.45) is -0.213. The predicted octanol–water partition coefficient (Wildman–Crippen LogP) is 5.79. The van der Waals surface area contributed by atoms with Crippen LogP contribution in [-0.4, -0.2) is 14.2 Å². The van der Waals surface area contributed by atoms with E-state index in [1.165, 1.54) is 10.6 Å². The molecule has 117 valence electrons. The van der Waals surface area contributed by atoms with Crippen LogP contribution in [0.5, 0.6) is 11.5 Å². The summed E-state index contributed by atoms with van der Waals surface area (Å²) in [5.74, 6) is 1.81. The van der Waals surface area contributed by atoms with E-state index in [2.05, 4.69) is 57.9 Å². The summed E-state index contributed by atoms with van der Waals surface area (Å²) in [5, 5.41) is 2.79. The van der Waals surface area contributed by atoms with Gasteiger partial charge in [0.25, 0.3) is 0 Å². The molecule has 0 aromatic heterocycles. The summed E-state index contributed by atoms with van der Waals surface area (Å²) in [6.45, 7) is 0. The normalized spacial score (nSPS) is 23.7. The van der Waals surface area contributed by atoms with Crippen molar-refractivity contribution < 1.29 is 9.47 Å². The lowest BCUT2D eigenvalue weighted by Gasteiger charge is -2.45. The van der Waals surface area contributed by atoms with Crippen molar-refractivity contribution in [1.29, 1.82) is 0 Å². The van der Waals surface area contributed by atoms with Gasteiger partial charge in [0.1, 0.15) is 11.5 Å². The molecule has 0 N–H and O–H groups in total. The molecule has 1 radical (unpaired) electrons. The van der Waals surface area contributed by atoms with Crippen molar-refractivity contribution in [2.24, 2.45) is 0 Å². The first-order valence-electron chi connectivity index (χ1n) is 6.41. The van der Waals surface area contributed by atoms with Crippen LogP contribution in [0.3, 0.4) is 0 Å². The minimum absolute atomic E-state index is 0.213. The van der Waals surface area contributed by atoms with Crippen molar-refractivity contribution in [2.75, 3.05) is 14.2 Å². The molecule has 0 atom stereocenters. The Kier molecular flexibility index (Phi) is 5.81. The highest BCUT2D eigenvalue weighted by atomic mass is 33.8. The lowest BCUT2D eigenvalue weighted by atomic mass is 10.3. The van der Waals surface area contributed by atoms with Gasteiger partial charge in [-0.2, -0.15) is 0 Å². The monoisotopic (exact) mass is 405 g/mol. The molecular weight excluding hydrogens is 390 g/mol. The molecule has 1 fully saturated rings. The molecule has 3 rings (SSSR count). The van der Waals surface area contributed by atoms with Crippen LogP contribution in [0.25, 0.3) is 0 Å². The van der Waals surface area contributed by atoms with Crippen LogP contribution in [-0.2, 0) is 0 Å². The highest BCUT2D eigenvalue weighted by Crippen LogP contribution is 3.10. The number of thiol groups is 1. The Morgan fingerprint density at radius 2 is 1.41 bits per heavy atom. The average Bonchev–Trinajstić information content (AvgIpc) is 2.55. The molecule has 0 aliphatic carbocycles. The van der Waals surface area contributed by atoms with Crippen LogP contribution < -0.4 is 20.1 Å². The van der Waals surface area contributed by atoms with Gasteiger partial charge in [-0.15, -0.1) is 11.7 Å². The van der Waals surface area contributed by atoms with Gasteiger partial charge in [0, 0.05) is 5.30 Å². The molecule has 2 nitrogen and oxygen atoms in total. The maximum atomic E-state index is 5.24. The van der Waals surface area contributed by atoms with Crippen LogP contribution >= 0.6 is 55.3 Å². The summed E-state index contributed by atoms with van der Waals surface area (Å²) >= 11 is 8.76. The molecular formula is C14H15O2P2S4. The zero-order valence-corrected chi connectivity index (χ0v) is 17.1. The number of methoxy groups -OCH3 is 2. The van der Waals surface area contributed by atoms with Crippen molar-refractivity contribution in [3.8, 4) is 11.5 Å². The fraction of sp³-hybridized carbons (Fsp3) is 0.143. The van der Waals surface area contributed by atoms with Crippen molar-refractivity contribution >= 4 is 65.9 Å². The van der Waals surface area contributed by atoms with Gasteiger partial charge in [-0.25, -0.2) is 0 Å². The Labute approximate surface area is 149 Å². The molecule has 0 unspecified atom stereocenters. The summed E-state index contributed by atoms with van der Waals surface area (Å²) in [6, 6.07) is 16.9. The van der Waals surface area contributed by atoms with E-state index in [1.807, 2.05) is 24.3 Å². The second-order valence-electron chi connectivity index (χ2n) is 4.40. The van der Waals surface area contributed by atoms with E-state index in [1.54, 1.807) is 24.6 Å². The van der Waals surface area contributed by atoms with E-state index in [0.29, 0.717) is 0 Å². The first-order chi connectivity index (χ1) is 10.7. The smallest absolute Gasteiger partial charge is 0.118 e. The zero-order valence-electron chi connectivity index (χ0n) is 12.0. The lowest BCUT2D eigenvalue weighted by Crippen LogP contribution is -2.09. The Morgan fingerprint density at radius 1 is 0.909 bits per heavy atom. The van der Waals surface area contributed by atoms with Gasteiger partial charge in [0.2, 0.25) is 0 Å². The van der Waals surface area contributed by atoms with Gasteiger partial charge in [0.15, 0.2) is 0 Å². The first kappa shape index (κ1) is 17.1. The van der Waals surface area contributed by atoms with Crippen LogP contribution in [0.4, 0.5) is 0 Å². The SMILES string of the molecule is COc1ccc(P2S[P](SS)(c3ccc(OC)cc3)S2)cc1. The highest BCUT2D eigenvalue weighted by Gasteiger charge is 2.47. The van der Waals surface area contributed by atoms with Gasteiger partial charge in [-0.3, -0.25) is 0 Å². The van der Waals surface area contributed by atoms with Crippen LogP contribution in [0.15, 0.2) is 48.5 Å². The topological polar surface area (TPSA) is 18.5 Å². The Bertz CT molecular complexity index is 630. The van der Waals surface area contributed by atoms with Gasteiger partial charge < -0.3 is 9.47 Å². The van der Waals surface area contributed by atoms with Gasteiger partial charge in [-0.1, -0.05) is 22.0 Å². The van der Waals surface area contributed by atoms with Gasteiger partial charge in [-0.05, 0) is 64.2 Å². The molecule has 0 saturated carbocycles. The molecule has 0 spiro atoms. The molecule has 1 aliphatic heterocycles. The minimum Gasteiger partial charge on any atom is -0.497 e. The molecule has 0 amide bonds. The van der Waals surface area contributed by atoms with E-state index in [0.717, 1.165) is 11.5 Å². The van der Waals surface area contributed by atoms with E-state index in [4.69, 9.17) is 9.47 Å². The van der Waals surface area contributed by atoms with Crippen LogP contribution in [0.2, 0.25) is 0 Å². The molecule has 2 aromatic rings. The van der Waals surface area contributed by atoms with E-state index < -0.39 is 4.87 Å². The van der Waals surface area contributed by atoms with Gasteiger partial charge >= 0.3 is 0 Å². The molecule has 1 heterocycles. The Morgan fingerprint density at radius 3 is 1.86 bits per heavy atom. The van der Waals surface area contributed by atoms with Gasteiger partial charge in [0.05, 0.1) is 25.4 Å². The summed E-state index contributed by atoms with van der Waals surface area (Å²) in [5.41, 5.74) is 0. The fourth-order valence-electron chi connectivity index (χ4n) is 1.94. The molecule has 0 bridgehead atoms. The fourth-order valence-corrected chi connectivity index (χ4v) is 36.3. The number of hydrogen-bond acceptors (Lipinski definition) is 6. The third-order valence-electron chi connectivity index (χ3n) is 3.14. The van der Waals surface area contributed by atoms with E-state index in [9.17, 15) is 0 Å². The highest BCUT2D eigenvalue weighted by molar-refractivity contribution is 9.55. The average molecular weight is 405 g/mol. The van der Waals surface area contributed by atoms with Crippen molar-refractivity contribution in [3.63, 3.8) is 0 Å². The second-order valence-corrected chi connectivity index (χ2v) is 23.2. The third-order valence-corrected chi connectivity index (χ3v) is 34.6. The Hall–Kier alpha value is 0.300. The van der Waals surface area contributed by atoms with Crippen LogP contribution in [0.1, 0.15) is 0 Å². The third kappa shape index (κ3) is 3.38. The van der Waals surface area contributed by atoms with Crippen molar-refractivity contribution in [3.05, 3.63) is 48.5 Å². The molecule has 1 aliphatic rings. The lowest BCUT2D eigenvalue weighted by molar-refractivity contribution is 0.415.